The molecule has 3 aromatic rings. The zero-order valence-electron chi connectivity index (χ0n) is 18.5. The van der Waals surface area contributed by atoms with Crippen molar-refractivity contribution >= 4 is 35.5 Å². The molecular formula is C27H17ClN2O5. The van der Waals surface area contributed by atoms with E-state index in [9.17, 15) is 19.6 Å². The number of carbonyl (C=O) groups is 3. The predicted octanol–water partition coefficient (Wildman–Crippen LogP) is 5.06. The molecule has 1 aromatic heterocycles. The second kappa shape index (κ2) is 8.75. The molecule has 0 unspecified atom stereocenters. The zero-order chi connectivity index (χ0) is 24.7. The molecule has 2 amide bonds. The van der Waals surface area contributed by atoms with E-state index in [4.69, 9.17) is 20.8 Å². The maximum atomic E-state index is 13.3. The Morgan fingerprint density at radius 3 is 2.66 bits per heavy atom. The molecule has 0 radical (unpaired) electrons. The first-order chi connectivity index (χ1) is 16.9. The Balaban J connectivity index is 1.50. The van der Waals surface area contributed by atoms with Crippen LogP contribution in [0.3, 0.4) is 0 Å². The van der Waals surface area contributed by atoms with Gasteiger partial charge in [0, 0.05) is 21.7 Å². The summed E-state index contributed by atoms with van der Waals surface area (Å²) < 4.78 is 11.0. The normalized spacial score (nSPS) is 16.5. The van der Waals surface area contributed by atoms with Crippen molar-refractivity contribution in [3.05, 3.63) is 98.8 Å². The largest absolute Gasteiger partial charge is 0.457 e. The molecule has 8 heteroatoms. The van der Waals surface area contributed by atoms with Crippen LogP contribution in [0.1, 0.15) is 34.2 Å². The summed E-state index contributed by atoms with van der Waals surface area (Å²) in [6, 6.07) is 17.5. The minimum atomic E-state index is -0.669. The van der Waals surface area contributed by atoms with Gasteiger partial charge in [-0.05, 0) is 48.4 Å². The Kier molecular flexibility index (Phi) is 5.59. The van der Waals surface area contributed by atoms with Gasteiger partial charge in [-0.1, -0.05) is 41.9 Å². The molecule has 0 spiro atoms. The van der Waals surface area contributed by atoms with Crippen molar-refractivity contribution in [2.24, 2.45) is 0 Å². The Morgan fingerprint density at radius 1 is 1.09 bits per heavy atom. The van der Waals surface area contributed by atoms with Crippen LogP contribution in [0.4, 0.5) is 0 Å². The second-order valence-corrected chi connectivity index (χ2v) is 8.51. The number of rotatable bonds is 4. The highest BCUT2D eigenvalue weighted by molar-refractivity contribution is 6.31. The first-order valence-electron chi connectivity index (χ1n) is 10.7. The van der Waals surface area contributed by atoms with Crippen LogP contribution in [-0.4, -0.2) is 22.7 Å². The molecule has 35 heavy (non-hydrogen) atoms. The molecule has 2 aromatic carbocycles. The number of hydrogen-bond donors (Lipinski definition) is 0. The number of benzene rings is 2. The summed E-state index contributed by atoms with van der Waals surface area (Å²) in [7, 11) is 0. The first-order valence-corrected chi connectivity index (χ1v) is 11.1. The van der Waals surface area contributed by atoms with Crippen molar-refractivity contribution in [2.75, 3.05) is 0 Å². The van der Waals surface area contributed by atoms with Crippen molar-refractivity contribution < 1.29 is 23.5 Å². The van der Waals surface area contributed by atoms with Crippen molar-refractivity contribution in [1.82, 2.24) is 4.90 Å². The molecule has 0 atom stereocenters. The Morgan fingerprint density at radius 2 is 1.89 bits per heavy atom. The van der Waals surface area contributed by atoms with Crippen LogP contribution in [0.25, 0.3) is 17.4 Å². The molecule has 172 valence electrons. The van der Waals surface area contributed by atoms with Crippen LogP contribution >= 0.6 is 11.6 Å². The molecule has 2 aliphatic heterocycles. The number of halogens is 1. The van der Waals surface area contributed by atoms with E-state index >= 15 is 0 Å². The van der Waals surface area contributed by atoms with Gasteiger partial charge < -0.3 is 9.15 Å². The van der Waals surface area contributed by atoms with Gasteiger partial charge in [0.2, 0.25) is 0 Å². The maximum Gasteiger partial charge on any atom is 0.338 e. The third-order valence-electron chi connectivity index (χ3n) is 6.00. The zero-order valence-corrected chi connectivity index (χ0v) is 19.3. The summed E-state index contributed by atoms with van der Waals surface area (Å²) in [6.45, 7) is 1.74. The number of nitriles is 1. The summed E-state index contributed by atoms with van der Waals surface area (Å²) in [5.41, 5.74) is 2.90. The fraction of sp³-hybridized carbons (Fsp3) is 0.111. The van der Waals surface area contributed by atoms with Crippen LogP contribution in [0.5, 0.6) is 0 Å². The number of furan rings is 1. The van der Waals surface area contributed by atoms with E-state index in [2.05, 4.69) is 0 Å². The summed E-state index contributed by atoms with van der Waals surface area (Å²) in [5, 5.41) is 10.0. The van der Waals surface area contributed by atoms with E-state index in [0.717, 1.165) is 10.5 Å². The highest BCUT2D eigenvalue weighted by atomic mass is 35.5. The number of carbonyl (C=O) groups excluding carboxylic acids is 3. The lowest BCUT2D eigenvalue weighted by atomic mass is 9.94. The van der Waals surface area contributed by atoms with Gasteiger partial charge in [0.05, 0.1) is 12.1 Å². The molecule has 0 bridgehead atoms. The summed E-state index contributed by atoms with van der Waals surface area (Å²) in [5.74, 6) is -0.748. The van der Waals surface area contributed by atoms with Crippen LogP contribution < -0.4 is 0 Å². The molecule has 0 N–H and O–H groups in total. The highest BCUT2D eigenvalue weighted by Gasteiger charge is 2.36. The first kappa shape index (κ1) is 22.4. The molecule has 0 fully saturated rings. The van der Waals surface area contributed by atoms with E-state index < -0.39 is 11.8 Å². The van der Waals surface area contributed by atoms with Crippen molar-refractivity contribution in [3.8, 4) is 17.4 Å². The minimum Gasteiger partial charge on any atom is -0.457 e. The van der Waals surface area contributed by atoms with Gasteiger partial charge in [-0.3, -0.25) is 14.5 Å². The lowest BCUT2D eigenvalue weighted by Crippen LogP contribution is -2.42. The molecule has 0 saturated carbocycles. The molecule has 3 heterocycles. The Bertz CT molecular complexity index is 1520. The van der Waals surface area contributed by atoms with Crippen molar-refractivity contribution in [1.29, 1.82) is 5.26 Å². The van der Waals surface area contributed by atoms with E-state index in [1.807, 2.05) is 18.2 Å². The molecule has 2 aliphatic rings. The number of imide groups is 1. The number of hydrogen-bond acceptors (Lipinski definition) is 6. The van der Waals surface area contributed by atoms with E-state index in [0.29, 0.717) is 33.2 Å². The van der Waals surface area contributed by atoms with Gasteiger partial charge in [0.15, 0.2) is 0 Å². The number of esters is 1. The fourth-order valence-electron chi connectivity index (χ4n) is 4.06. The van der Waals surface area contributed by atoms with Gasteiger partial charge in [-0.2, -0.15) is 5.26 Å². The van der Waals surface area contributed by atoms with Crippen molar-refractivity contribution in [3.63, 3.8) is 0 Å². The van der Waals surface area contributed by atoms with Gasteiger partial charge in [0.25, 0.3) is 11.8 Å². The quantitative estimate of drug-likeness (QED) is 0.291. The van der Waals surface area contributed by atoms with Crippen LogP contribution in [0, 0.1) is 11.3 Å². The smallest absolute Gasteiger partial charge is 0.338 e. The highest BCUT2D eigenvalue weighted by Crippen LogP contribution is 2.32. The summed E-state index contributed by atoms with van der Waals surface area (Å²) in [6.07, 6.45) is 1.51. The van der Waals surface area contributed by atoms with E-state index in [-0.39, 0.29) is 35.8 Å². The van der Waals surface area contributed by atoms with Crippen LogP contribution in [-0.2, 0) is 27.5 Å². The standard InChI is InChI=1S/C27H17ClN2O5/c1-15-20(25(31)30(26(32)22(15)12-29)13-17-4-2-3-5-23(17)28)11-19-8-9-24(35-19)16-6-7-18-14-34-27(33)21(18)10-16/h2-11H,13-14H2,1H3/b20-11+. The topological polar surface area (TPSA) is 101 Å². The van der Waals surface area contributed by atoms with Gasteiger partial charge in [-0.15, -0.1) is 0 Å². The van der Waals surface area contributed by atoms with Crippen LogP contribution in [0.15, 0.2) is 75.7 Å². The Labute approximate surface area is 205 Å². The molecule has 5 rings (SSSR count). The minimum absolute atomic E-state index is 0.0677. The SMILES string of the molecule is CC1=C(C#N)C(=O)N(Cc2ccccc2Cl)C(=O)/C1=C/c1ccc(-c2ccc3c(c2)C(=O)OC3)o1. The van der Waals surface area contributed by atoms with Gasteiger partial charge in [0.1, 0.15) is 29.8 Å². The van der Waals surface area contributed by atoms with Gasteiger partial charge >= 0.3 is 5.97 Å². The van der Waals surface area contributed by atoms with Crippen LogP contribution in [0.2, 0.25) is 5.02 Å². The average molecular weight is 485 g/mol. The molecule has 0 saturated heterocycles. The van der Waals surface area contributed by atoms with E-state index in [1.54, 1.807) is 49.4 Å². The lowest BCUT2D eigenvalue weighted by Gasteiger charge is -2.27. The second-order valence-electron chi connectivity index (χ2n) is 8.11. The summed E-state index contributed by atoms with van der Waals surface area (Å²) in [4.78, 5) is 39.1. The third kappa shape index (κ3) is 3.94. The lowest BCUT2D eigenvalue weighted by molar-refractivity contribution is -0.141. The third-order valence-corrected chi connectivity index (χ3v) is 6.37. The fourth-order valence-corrected chi connectivity index (χ4v) is 4.26. The number of fused-ring (bicyclic) bond motifs is 1. The molecule has 0 aliphatic carbocycles. The molecular weight excluding hydrogens is 468 g/mol. The average Bonchev–Trinajstić information content (AvgIpc) is 3.47. The predicted molar refractivity (Wildman–Crippen MR) is 127 cm³/mol. The van der Waals surface area contributed by atoms with E-state index in [1.165, 1.54) is 6.08 Å². The van der Waals surface area contributed by atoms with Gasteiger partial charge in [-0.25, -0.2) is 4.79 Å². The number of cyclic esters (lactones) is 1. The number of amides is 2. The van der Waals surface area contributed by atoms with Crippen molar-refractivity contribution in [2.45, 2.75) is 20.1 Å². The Hall–Kier alpha value is -4.41. The number of nitrogens with zero attached hydrogens (tertiary/aromatic N) is 2. The molecule has 7 nitrogen and oxygen atoms in total. The number of ether oxygens (including phenoxy) is 1. The maximum absolute atomic E-state index is 13.3. The summed E-state index contributed by atoms with van der Waals surface area (Å²) >= 11 is 6.22. The monoisotopic (exact) mass is 484 g/mol.